The molecule has 0 aromatic heterocycles. The number of hydrogen-bond acceptors (Lipinski definition) is 2. The predicted molar refractivity (Wildman–Crippen MR) is 73.2 cm³/mol. The van der Waals surface area contributed by atoms with Gasteiger partial charge in [-0.1, -0.05) is 30.5 Å². The van der Waals surface area contributed by atoms with Gasteiger partial charge in [-0.25, -0.2) is 4.39 Å². The van der Waals surface area contributed by atoms with Gasteiger partial charge in [-0.05, 0) is 25.0 Å². The first-order valence-electron chi connectivity index (χ1n) is 6.54. The summed E-state index contributed by atoms with van der Waals surface area (Å²) in [6.45, 7) is 0.386. The number of nitrogens with one attached hydrogen (secondary N) is 1. The highest BCUT2D eigenvalue weighted by atomic mass is 35.5. The second kappa shape index (κ2) is 6.35. The molecule has 3 nitrogen and oxygen atoms in total. The second-order valence-electron chi connectivity index (χ2n) is 5.02. The van der Waals surface area contributed by atoms with E-state index in [-0.39, 0.29) is 23.7 Å². The van der Waals surface area contributed by atoms with Gasteiger partial charge in [0.2, 0.25) is 5.91 Å². The van der Waals surface area contributed by atoms with E-state index in [0.717, 1.165) is 25.7 Å². The van der Waals surface area contributed by atoms with Crippen molar-refractivity contribution in [2.45, 2.75) is 38.3 Å². The van der Waals surface area contributed by atoms with Crippen LogP contribution in [0.25, 0.3) is 0 Å². The molecule has 1 fully saturated rings. The minimum absolute atomic E-state index is 0.0429. The molecule has 19 heavy (non-hydrogen) atoms. The molecule has 0 saturated heterocycles. The second-order valence-corrected chi connectivity index (χ2v) is 5.45. The number of hydrogen-bond donors (Lipinski definition) is 2. The fourth-order valence-electron chi connectivity index (χ4n) is 2.62. The Morgan fingerprint density at radius 2 is 2.16 bits per heavy atom. The third kappa shape index (κ3) is 3.67. The summed E-state index contributed by atoms with van der Waals surface area (Å²) in [4.78, 5) is 11.4. The molecule has 0 heterocycles. The van der Waals surface area contributed by atoms with Crippen molar-refractivity contribution in [3.8, 4) is 0 Å². The van der Waals surface area contributed by atoms with Crippen molar-refractivity contribution < 1.29 is 9.18 Å². The summed E-state index contributed by atoms with van der Waals surface area (Å²) in [7, 11) is 0. The maximum absolute atomic E-state index is 13.6. The molecule has 1 saturated carbocycles. The van der Waals surface area contributed by atoms with Crippen LogP contribution in [0.4, 0.5) is 4.39 Å². The van der Waals surface area contributed by atoms with E-state index < -0.39 is 0 Å². The lowest BCUT2D eigenvalue weighted by Crippen LogP contribution is -2.44. The Bertz CT molecular complexity index is 467. The van der Waals surface area contributed by atoms with Gasteiger partial charge in [-0.15, -0.1) is 0 Å². The molecular formula is C14H18ClFN2O. The smallest absolute Gasteiger partial charge is 0.222 e. The minimum Gasteiger partial charge on any atom is -0.369 e. The molecular weight excluding hydrogens is 267 g/mol. The van der Waals surface area contributed by atoms with Gasteiger partial charge in [-0.3, -0.25) is 4.79 Å². The molecule has 5 heteroatoms. The third-order valence-corrected chi connectivity index (χ3v) is 3.94. The number of carbonyl (C=O) groups is 1. The van der Waals surface area contributed by atoms with Gasteiger partial charge < -0.3 is 11.1 Å². The number of benzene rings is 1. The zero-order valence-electron chi connectivity index (χ0n) is 10.7. The number of primary amides is 1. The SMILES string of the molecule is NC(=O)[C@H]1CCCC[C@@H]1NCc1ccc(Cl)cc1F. The zero-order valence-corrected chi connectivity index (χ0v) is 11.4. The Morgan fingerprint density at radius 1 is 1.42 bits per heavy atom. The van der Waals surface area contributed by atoms with Crippen LogP contribution in [0.2, 0.25) is 5.02 Å². The van der Waals surface area contributed by atoms with Crippen molar-refractivity contribution in [2.75, 3.05) is 0 Å². The Hall–Kier alpha value is -1.13. The van der Waals surface area contributed by atoms with E-state index in [4.69, 9.17) is 17.3 Å². The van der Waals surface area contributed by atoms with Crippen molar-refractivity contribution >= 4 is 17.5 Å². The van der Waals surface area contributed by atoms with Gasteiger partial charge in [0.25, 0.3) is 0 Å². The lowest BCUT2D eigenvalue weighted by atomic mass is 9.84. The van der Waals surface area contributed by atoms with Gasteiger partial charge in [0.1, 0.15) is 5.82 Å². The normalized spacial score (nSPS) is 23.3. The summed E-state index contributed by atoms with van der Waals surface area (Å²) in [6.07, 6.45) is 3.82. The molecule has 0 bridgehead atoms. The van der Waals surface area contributed by atoms with Crippen molar-refractivity contribution in [2.24, 2.45) is 11.7 Å². The van der Waals surface area contributed by atoms with Crippen LogP contribution in [0.1, 0.15) is 31.2 Å². The fourth-order valence-corrected chi connectivity index (χ4v) is 2.78. The standard InChI is InChI=1S/C14H18ClFN2O/c15-10-6-5-9(12(16)7-10)8-18-13-4-2-1-3-11(13)14(17)19/h5-7,11,13,18H,1-4,8H2,(H2,17,19)/t11-,13-/m0/s1. The largest absolute Gasteiger partial charge is 0.369 e. The Morgan fingerprint density at radius 3 is 2.84 bits per heavy atom. The molecule has 2 rings (SSSR count). The molecule has 0 aliphatic heterocycles. The Kier molecular flexibility index (Phi) is 4.77. The topological polar surface area (TPSA) is 55.1 Å². The summed E-state index contributed by atoms with van der Waals surface area (Å²) < 4.78 is 13.6. The molecule has 104 valence electrons. The van der Waals surface area contributed by atoms with E-state index in [2.05, 4.69) is 5.32 Å². The van der Waals surface area contributed by atoms with Crippen molar-refractivity contribution in [1.29, 1.82) is 0 Å². The molecule has 0 spiro atoms. The van der Waals surface area contributed by atoms with Crippen LogP contribution in [0, 0.1) is 11.7 Å². The lowest BCUT2D eigenvalue weighted by Gasteiger charge is -2.30. The van der Waals surface area contributed by atoms with Gasteiger partial charge in [0.15, 0.2) is 0 Å². The van der Waals surface area contributed by atoms with Crippen molar-refractivity contribution in [3.63, 3.8) is 0 Å². The molecule has 0 radical (unpaired) electrons. The van der Waals surface area contributed by atoms with Gasteiger partial charge in [-0.2, -0.15) is 0 Å². The Labute approximate surface area is 117 Å². The van der Waals surface area contributed by atoms with Crippen LogP contribution in [0.3, 0.4) is 0 Å². The van der Waals surface area contributed by atoms with Gasteiger partial charge in [0, 0.05) is 23.2 Å². The van der Waals surface area contributed by atoms with Crippen LogP contribution in [0.15, 0.2) is 18.2 Å². The molecule has 0 unspecified atom stereocenters. The molecule has 1 aliphatic carbocycles. The molecule has 3 N–H and O–H groups in total. The molecule has 1 aromatic rings. The van der Waals surface area contributed by atoms with Crippen LogP contribution in [-0.2, 0) is 11.3 Å². The van der Waals surface area contributed by atoms with E-state index in [1.807, 2.05) is 0 Å². The van der Waals surface area contributed by atoms with Crippen molar-refractivity contribution in [1.82, 2.24) is 5.32 Å². The maximum atomic E-state index is 13.6. The molecule has 1 amide bonds. The molecule has 1 aromatic carbocycles. The van der Waals surface area contributed by atoms with Gasteiger partial charge in [0.05, 0.1) is 5.92 Å². The maximum Gasteiger partial charge on any atom is 0.222 e. The van der Waals surface area contributed by atoms with Gasteiger partial charge >= 0.3 is 0 Å². The van der Waals surface area contributed by atoms with Crippen LogP contribution < -0.4 is 11.1 Å². The molecule has 2 atom stereocenters. The van der Waals surface area contributed by atoms with Crippen molar-refractivity contribution in [3.05, 3.63) is 34.6 Å². The zero-order chi connectivity index (χ0) is 13.8. The summed E-state index contributed by atoms with van der Waals surface area (Å²) in [5.41, 5.74) is 5.96. The predicted octanol–water partition coefficient (Wildman–Crippen LogP) is 2.61. The number of carbonyl (C=O) groups excluding carboxylic acids is 1. The molecule has 1 aliphatic rings. The minimum atomic E-state index is -0.327. The van der Waals surface area contributed by atoms with E-state index in [9.17, 15) is 9.18 Å². The monoisotopic (exact) mass is 284 g/mol. The Balaban J connectivity index is 1.98. The highest BCUT2D eigenvalue weighted by molar-refractivity contribution is 6.30. The average Bonchev–Trinajstić information content (AvgIpc) is 2.38. The van der Waals surface area contributed by atoms with E-state index >= 15 is 0 Å². The number of nitrogens with two attached hydrogens (primary N) is 1. The van der Waals surface area contributed by atoms with E-state index in [1.165, 1.54) is 6.07 Å². The highest BCUT2D eigenvalue weighted by Gasteiger charge is 2.28. The first-order chi connectivity index (χ1) is 9.08. The summed E-state index contributed by atoms with van der Waals surface area (Å²) in [5, 5.41) is 3.63. The number of amides is 1. The first-order valence-corrected chi connectivity index (χ1v) is 6.92. The van der Waals surface area contributed by atoms with Crippen LogP contribution >= 0.6 is 11.6 Å². The summed E-state index contributed by atoms with van der Waals surface area (Å²) >= 11 is 5.71. The number of rotatable bonds is 4. The summed E-state index contributed by atoms with van der Waals surface area (Å²) in [5.74, 6) is -0.746. The van der Waals surface area contributed by atoms with Crippen LogP contribution in [0.5, 0.6) is 0 Å². The van der Waals surface area contributed by atoms with E-state index in [1.54, 1.807) is 12.1 Å². The summed E-state index contributed by atoms with van der Waals surface area (Å²) in [6, 6.07) is 4.66. The fraction of sp³-hybridized carbons (Fsp3) is 0.500. The quantitative estimate of drug-likeness (QED) is 0.893. The van der Waals surface area contributed by atoms with Crippen LogP contribution in [-0.4, -0.2) is 11.9 Å². The number of halogens is 2. The first kappa shape index (κ1) is 14.3. The van der Waals surface area contributed by atoms with E-state index in [0.29, 0.717) is 17.1 Å². The third-order valence-electron chi connectivity index (χ3n) is 3.70. The lowest BCUT2D eigenvalue weighted by molar-refractivity contribution is -0.123. The highest BCUT2D eigenvalue weighted by Crippen LogP contribution is 2.24. The average molecular weight is 285 g/mol.